The largest absolute Gasteiger partial charge is 0.497 e. The van der Waals surface area contributed by atoms with Crippen molar-refractivity contribution in [3.8, 4) is 5.75 Å². The van der Waals surface area contributed by atoms with Crippen LogP contribution >= 0.6 is 0 Å². The maximum Gasteiger partial charge on any atom is 0.119 e. The molecule has 0 heterocycles. The summed E-state index contributed by atoms with van der Waals surface area (Å²) in [6.07, 6.45) is 2.33. The van der Waals surface area contributed by atoms with E-state index in [1.807, 2.05) is 0 Å². The van der Waals surface area contributed by atoms with Gasteiger partial charge in [-0.3, -0.25) is 0 Å². The minimum Gasteiger partial charge on any atom is -0.497 e. The van der Waals surface area contributed by atoms with Crippen LogP contribution in [-0.4, -0.2) is 7.11 Å². The van der Waals surface area contributed by atoms with Gasteiger partial charge in [0.25, 0.3) is 0 Å². The molecule has 2 aromatic carbocycles. The fraction of sp³-hybridized carbons (Fsp3) is 0.333. The van der Waals surface area contributed by atoms with Gasteiger partial charge in [0.15, 0.2) is 0 Å². The molecule has 1 aliphatic carbocycles. The third-order valence-electron chi connectivity index (χ3n) is 4.10. The maximum atomic E-state index is 5.34. The molecule has 0 saturated heterocycles. The van der Waals surface area contributed by atoms with E-state index in [-0.39, 0.29) is 0 Å². The van der Waals surface area contributed by atoms with Crippen LogP contribution < -0.4 is 10.1 Å². The molecule has 20 heavy (non-hydrogen) atoms. The van der Waals surface area contributed by atoms with Crippen molar-refractivity contribution in [2.75, 3.05) is 7.11 Å². The second-order valence-corrected chi connectivity index (χ2v) is 5.52. The highest BCUT2D eigenvalue weighted by Crippen LogP contribution is 2.33. The fourth-order valence-corrected chi connectivity index (χ4v) is 2.87. The lowest BCUT2D eigenvalue weighted by atomic mass is 10.1. The Hall–Kier alpha value is -1.80. The summed E-state index contributed by atoms with van der Waals surface area (Å²) in [6.45, 7) is 3.04. The number of benzene rings is 2. The highest BCUT2D eigenvalue weighted by Gasteiger charge is 2.22. The van der Waals surface area contributed by atoms with Crippen LogP contribution in [0.5, 0.6) is 5.75 Å². The zero-order valence-corrected chi connectivity index (χ0v) is 12.1. The highest BCUT2D eigenvalue weighted by molar-refractivity contribution is 5.40. The van der Waals surface area contributed by atoms with Gasteiger partial charge in [-0.25, -0.2) is 0 Å². The lowest BCUT2D eigenvalue weighted by Crippen LogP contribution is -2.18. The van der Waals surface area contributed by atoms with E-state index >= 15 is 0 Å². The minimum atomic E-state index is 0.446. The first-order valence-electron chi connectivity index (χ1n) is 7.22. The molecule has 1 aliphatic rings. The zero-order valence-electron chi connectivity index (χ0n) is 12.1. The average Bonchev–Trinajstić information content (AvgIpc) is 2.89. The molecule has 0 saturated carbocycles. The average molecular weight is 267 g/mol. The van der Waals surface area contributed by atoms with Crippen molar-refractivity contribution in [2.45, 2.75) is 32.4 Å². The van der Waals surface area contributed by atoms with Gasteiger partial charge >= 0.3 is 0 Å². The first kappa shape index (κ1) is 13.2. The topological polar surface area (TPSA) is 21.3 Å². The van der Waals surface area contributed by atoms with Crippen LogP contribution in [0.3, 0.4) is 0 Å². The molecule has 1 atom stereocenters. The Morgan fingerprint density at radius 3 is 2.70 bits per heavy atom. The molecule has 104 valence electrons. The SMILES string of the molecule is COc1ccc2c(c1)C(NCc1ccc(C)cc1)CC2. The Bertz CT molecular complexity index is 589. The number of rotatable bonds is 4. The summed E-state index contributed by atoms with van der Waals surface area (Å²) in [6, 6.07) is 15.6. The van der Waals surface area contributed by atoms with Crippen LogP contribution in [0.25, 0.3) is 0 Å². The van der Waals surface area contributed by atoms with E-state index in [0.717, 1.165) is 18.7 Å². The summed E-state index contributed by atoms with van der Waals surface area (Å²) in [7, 11) is 1.73. The standard InChI is InChI=1S/C18H21NO/c1-13-3-5-14(6-4-13)12-19-18-10-8-15-7-9-16(20-2)11-17(15)18/h3-7,9,11,18-19H,8,10,12H2,1-2H3. The number of hydrogen-bond acceptors (Lipinski definition) is 2. The molecule has 0 amide bonds. The molecule has 0 radical (unpaired) electrons. The molecule has 0 fully saturated rings. The van der Waals surface area contributed by atoms with Crippen LogP contribution in [0.2, 0.25) is 0 Å². The van der Waals surface area contributed by atoms with Crippen molar-refractivity contribution < 1.29 is 4.74 Å². The number of fused-ring (bicyclic) bond motifs is 1. The maximum absolute atomic E-state index is 5.34. The molecule has 3 rings (SSSR count). The molecule has 0 aliphatic heterocycles. The Morgan fingerprint density at radius 2 is 1.95 bits per heavy atom. The van der Waals surface area contributed by atoms with E-state index in [4.69, 9.17) is 4.74 Å². The van der Waals surface area contributed by atoms with Crippen LogP contribution in [0, 0.1) is 6.92 Å². The molecule has 1 unspecified atom stereocenters. The number of ether oxygens (including phenoxy) is 1. The smallest absolute Gasteiger partial charge is 0.119 e. The van der Waals surface area contributed by atoms with Gasteiger partial charge in [0.1, 0.15) is 5.75 Å². The van der Waals surface area contributed by atoms with Gasteiger partial charge in [0.2, 0.25) is 0 Å². The van der Waals surface area contributed by atoms with Gasteiger partial charge in [0, 0.05) is 12.6 Å². The van der Waals surface area contributed by atoms with Crippen molar-refractivity contribution in [1.29, 1.82) is 0 Å². The molecular formula is C18H21NO. The summed E-state index contributed by atoms with van der Waals surface area (Å²) in [4.78, 5) is 0. The number of methoxy groups -OCH3 is 1. The summed E-state index contributed by atoms with van der Waals surface area (Å²) in [5.74, 6) is 0.952. The normalized spacial score (nSPS) is 17.0. The van der Waals surface area contributed by atoms with Crippen molar-refractivity contribution in [2.24, 2.45) is 0 Å². The van der Waals surface area contributed by atoms with Crippen molar-refractivity contribution in [3.05, 3.63) is 64.7 Å². The molecule has 0 spiro atoms. The summed E-state index contributed by atoms with van der Waals surface area (Å²) < 4.78 is 5.34. The fourth-order valence-electron chi connectivity index (χ4n) is 2.87. The molecule has 2 nitrogen and oxygen atoms in total. The zero-order chi connectivity index (χ0) is 13.9. The van der Waals surface area contributed by atoms with Gasteiger partial charge < -0.3 is 10.1 Å². The summed E-state index contributed by atoms with van der Waals surface area (Å²) in [5, 5.41) is 3.67. The quantitative estimate of drug-likeness (QED) is 0.910. The molecule has 2 aromatic rings. The van der Waals surface area contributed by atoms with E-state index < -0.39 is 0 Å². The minimum absolute atomic E-state index is 0.446. The van der Waals surface area contributed by atoms with E-state index in [2.05, 4.69) is 54.7 Å². The molecular weight excluding hydrogens is 246 g/mol. The molecule has 2 heteroatoms. The van der Waals surface area contributed by atoms with Gasteiger partial charge in [0.05, 0.1) is 7.11 Å². The van der Waals surface area contributed by atoms with Crippen LogP contribution in [0.15, 0.2) is 42.5 Å². The number of hydrogen-bond donors (Lipinski definition) is 1. The Balaban J connectivity index is 1.70. The van der Waals surface area contributed by atoms with Crippen molar-refractivity contribution in [3.63, 3.8) is 0 Å². The van der Waals surface area contributed by atoms with Gasteiger partial charge in [-0.05, 0) is 48.6 Å². The Morgan fingerprint density at radius 1 is 1.15 bits per heavy atom. The van der Waals surface area contributed by atoms with Crippen molar-refractivity contribution >= 4 is 0 Å². The third-order valence-corrected chi connectivity index (χ3v) is 4.10. The van der Waals surface area contributed by atoms with Gasteiger partial charge in [-0.1, -0.05) is 35.9 Å². The van der Waals surface area contributed by atoms with Crippen LogP contribution in [0.4, 0.5) is 0 Å². The number of aryl methyl sites for hydroxylation is 2. The van der Waals surface area contributed by atoms with Gasteiger partial charge in [-0.15, -0.1) is 0 Å². The van der Waals surface area contributed by atoms with E-state index in [9.17, 15) is 0 Å². The molecule has 0 bridgehead atoms. The van der Waals surface area contributed by atoms with E-state index in [1.54, 1.807) is 7.11 Å². The summed E-state index contributed by atoms with van der Waals surface area (Å²) >= 11 is 0. The third kappa shape index (κ3) is 2.70. The Labute approximate surface area is 120 Å². The number of nitrogens with one attached hydrogen (secondary N) is 1. The summed E-state index contributed by atoms with van der Waals surface area (Å²) in [5.41, 5.74) is 5.50. The molecule has 0 aromatic heterocycles. The van der Waals surface area contributed by atoms with Gasteiger partial charge in [-0.2, -0.15) is 0 Å². The van der Waals surface area contributed by atoms with Crippen LogP contribution in [-0.2, 0) is 13.0 Å². The lowest BCUT2D eigenvalue weighted by molar-refractivity contribution is 0.413. The predicted octanol–water partition coefficient (Wildman–Crippen LogP) is 3.78. The van der Waals surface area contributed by atoms with Crippen LogP contribution in [0.1, 0.15) is 34.7 Å². The lowest BCUT2D eigenvalue weighted by Gasteiger charge is -2.15. The first-order valence-corrected chi connectivity index (χ1v) is 7.22. The van der Waals surface area contributed by atoms with E-state index in [0.29, 0.717) is 6.04 Å². The monoisotopic (exact) mass is 267 g/mol. The molecule has 1 N–H and O–H groups in total. The second-order valence-electron chi connectivity index (χ2n) is 5.52. The van der Waals surface area contributed by atoms with E-state index in [1.165, 1.54) is 28.7 Å². The second kappa shape index (κ2) is 5.68. The predicted molar refractivity (Wildman–Crippen MR) is 82.1 cm³/mol. The highest BCUT2D eigenvalue weighted by atomic mass is 16.5. The Kier molecular flexibility index (Phi) is 3.75. The van der Waals surface area contributed by atoms with Crippen molar-refractivity contribution in [1.82, 2.24) is 5.32 Å². The first-order chi connectivity index (χ1) is 9.76.